The maximum atomic E-state index is 12.5. The molecule has 1 unspecified atom stereocenters. The minimum absolute atomic E-state index is 0.0946. The quantitative estimate of drug-likeness (QED) is 0.838. The number of nitrogens with zero attached hydrogens (tertiary/aromatic N) is 4. The summed E-state index contributed by atoms with van der Waals surface area (Å²) in [6.07, 6.45) is 2.61. The zero-order chi connectivity index (χ0) is 19.1. The fourth-order valence-electron chi connectivity index (χ4n) is 3.09. The second-order valence-electron chi connectivity index (χ2n) is 6.52. The van der Waals surface area contributed by atoms with Gasteiger partial charge in [-0.15, -0.1) is 5.10 Å². The largest absolute Gasteiger partial charge is 0.408 e. The molecule has 1 aromatic heterocycles. The van der Waals surface area contributed by atoms with Gasteiger partial charge in [-0.25, -0.2) is 0 Å². The van der Waals surface area contributed by atoms with Crippen molar-refractivity contribution in [2.24, 2.45) is 0 Å². The molecule has 9 heteroatoms. The average Bonchev–Trinajstić information content (AvgIpc) is 3.09. The zero-order valence-corrected chi connectivity index (χ0v) is 15.9. The zero-order valence-electron chi connectivity index (χ0n) is 14.4. The Morgan fingerprint density at radius 1 is 1.26 bits per heavy atom. The van der Waals surface area contributed by atoms with E-state index in [0.29, 0.717) is 34.6 Å². The molecule has 1 N–H and O–H groups in total. The lowest BCUT2D eigenvalue weighted by atomic mass is 10.1. The molecule has 3 heterocycles. The summed E-state index contributed by atoms with van der Waals surface area (Å²) < 4.78 is 5.68. The van der Waals surface area contributed by atoms with Crippen LogP contribution in [0.2, 0.25) is 10.0 Å². The van der Waals surface area contributed by atoms with Gasteiger partial charge in [0.15, 0.2) is 6.23 Å². The highest BCUT2D eigenvalue weighted by Crippen LogP contribution is 2.28. The third-order valence-corrected chi connectivity index (χ3v) is 5.19. The van der Waals surface area contributed by atoms with Crippen LogP contribution in [0, 0.1) is 0 Å². The van der Waals surface area contributed by atoms with Crippen molar-refractivity contribution in [3.8, 4) is 0 Å². The van der Waals surface area contributed by atoms with Crippen LogP contribution >= 0.6 is 23.2 Å². The van der Waals surface area contributed by atoms with E-state index in [1.807, 2.05) is 24.0 Å². The van der Waals surface area contributed by atoms with Gasteiger partial charge in [0.1, 0.15) is 0 Å². The second kappa shape index (κ2) is 6.99. The molecule has 0 radical (unpaired) electrons. The van der Waals surface area contributed by atoms with Crippen molar-refractivity contribution in [2.75, 3.05) is 18.1 Å². The monoisotopic (exact) mass is 406 g/mol. The number of halogens is 2. The summed E-state index contributed by atoms with van der Waals surface area (Å²) in [6.45, 7) is 2.86. The van der Waals surface area contributed by atoms with Gasteiger partial charge in [0.05, 0.1) is 28.8 Å². The fraction of sp³-hybridized carbons (Fsp3) is 0.278. The molecule has 0 amide bonds. The van der Waals surface area contributed by atoms with E-state index < -0.39 is 12.0 Å². The van der Waals surface area contributed by atoms with E-state index >= 15 is 0 Å². The van der Waals surface area contributed by atoms with E-state index in [1.54, 1.807) is 18.2 Å². The number of aliphatic hydroxyl groups excluding tert-OH is 1. The van der Waals surface area contributed by atoms with Crippen LogP contribution in [0.5, 0.6) is 0 Å². The molecular weight excluding hydrogens is 391 g/mol. The topological polar surface area (TPSA) is 82.7 Å². The van der Waals surface area contributed by atoms with E-state index in [9.17, 15) is 9.90 Å². The van der Waals surface area contributed by atoms with E-state index in [-0.39, 0.29) is 12.7 Å². The van der Waals surface area contributed by atoms with Crippen LogP contribution in [0.25, 0.3) is 0 Å². The number of hydrogen-bond donors (Lipinski definition) is 1. The summed E-state index contributed by atoms with van der Waals surface area (Å²) in [4.78, 5) is 15.7. The fourth-order valence-corrected chi connectivity index (χ4v) is 3.41. The van der Waals surface area contributed by atoms with Crippen LogP contribution in [0.4, 0.5) is 6.01 Å². The number of hydrogen-bond acceptors (Lipinski definition) is 7. The van der Waals surface area contributed by atoms with E-state index in [1.165, 1.54) is 4.90 Å². The molecule has 4 rings (SSSR count). The summed E-state index contributed by atoms with van der Waals surface area (Å²) >= 11 is 11.9. The molecule has 7 nitrogen and oxygen atoms in total. The molecule has 1 saturated heterocycles. The van der Waals surface area contributed by atoms with E-state index in [0.717, 1.165) is 11.1 Å². The first-order valence-corrected chi connectivity index (χ1v) is 9.05. The minimum atomic E-state index is -1.36. The lowest BCUT2D eigenvalue weighted by Crippen LogP contribution is -2.56. The van der Waals surface area contributed by atoms with Crippen molar-refractivity contribution in [2.45, 2.75) is 19.6 Å². The van der Waals surface area contributed by atoms with Crippen molar-refractivity contribution < 1.29 is 14.3 Å². The van der Waals surface area contributed by atoms with Crippen LogP contribution < -0.4 is 4.90 Å². The van der Waals surface area contributed by atoms with Crippen molar-refractivity contribution in [1.29, 1.82) is 0 Å². The highest BCUT2D eigenvalue weighted by molar-refractivity contribution is 6.42. The van der Waals surface area contributed by atoms with Gasteiger partial charge in [0.2, 0.25) is 11.7 Å². The lowest BCUT2D eigenvalue weighted by molar-refractivity contribution is -0.127. The number of ketones is 1. The third-order valence-electron chi connectivity index (χ3n) is 4.45. The molecule has 0 aliphatic carbocycles. The molecule has 2 aliphatic heterocycles. The van der Waals surface area contributed by atoms with Crippen molar-refractivity contribution in [1.82, 2.24) is 15.1 Å². The van der Waals surface area contributed by atoms with Gasteiger partial charge in [-0.1, -0.05) is 46.0 Å². The number of carbonyl (C=O) groups excluding carboxylic acids is 1. The highest BCUT2D eigenvalue weighted by Gasteiger charge is 2.39. The molecule has 0 bridgehead atoms. The maximum Gasteiger partial charge on any atom is 0.322 e. The van der Waals surface area contributed by atoms with Crippen molar-refractivity contribution in [3.05, 3.63) is 63.1 Å². The van der Waals surface area contributed by atoms with Crippen molar-refractivity contribution in [3.63, 3.8) is 0 Å². The maximum absolute atomic E-state index is 12.5. The summed E-state index contributed by atoms with van der Waals surface area (Å²) in [6, 6.07) is 5.34. The van der Waals surface area contributed by atoms with Crippen LogP contribution in [0.3, 0.4) is 0 Å². The number of carbonyl (C=O) groups is 1. The van der Waals surface area contributed by atoms with Gasteiger partial charge in [0.25, 0.3) is 0 Å². The first-order chi connectivity index (χ1) is 12.9. The van der Waals surface area contributed by atoms with Crippen LogP contribution in [0.1, 0.15) is 18.4 Å². The summed E-state index contributed by atoms with van der Waals surface area (Å²) in [7, 11) is 0. The molecule has 1 aromatic carbocycles. The van der Waals surface area contributed by atoms with Gasteiger partial charge in [-0.3, -0.25) is 9.69 Å². The predicted molar refractivity (Wildman–Crippen MR) is 100 cm³/mol. The SMILES string of the molecule is CC1=CC=C2C(=O)C(O)N(c3nnc(Cc4ccc(Cl)c(Cl)c4)o3)CN2C1. The third kappa shape index (κ3) is 3.45. The number of rotatable bonds is 3. The molecule has 2 aromatic rings. The lowest BCUT2D eigenvalue weighted by Gasteiger charge is -2.40. The van der Waals surface area contributed by atoms with Crippen LogP contribution in [-0.2, 0) is 11.2 Å². The Kier molecular flexibility index (Phi) is 4.67. The smallest absolute Gasteiger partial charge is 0.322 e. The number of allylic oxidation sites excluding steroid dienone is 2. The number of aromatic nitrogens is 2. The second-order valence-corrected chi connectivity index (χ2v) is 7.33. The van der Waals surface area contributed by atoms with Gasteiger partial charge >= 0.3 is 6.01 Å². The summed E-state index contributed by atoms with van der Waals surface area (Å²) in [5, 5.41) is 19.3. The Morgan fingerprint density at radius 2 is 2.07 bits per heavy atom. The van der Waals surface area contributed by atoms with E-state index in [2.05, 4.69) is 10.2 Å². The Labute approximate surface area is 165 Å². The molecule has 1 atom stereocenters. The minimum Gasteiger partial charge on any atom is -0.408 e. The molecule has 140 valence electrons. The Balaban J connectivity index is 1.54. The Hall–Kier alpha value is -2.35. The van der Waals surface area contributed by atoms with Gasteiger partial charge in [0, 0.05) is 6.54 Å². The Bertz CT molecular complexity index is 969. The summed E-state index contributed by atoms with van der Waals surface area (Å²) in [5.41, 5.74) is 2.46. The molecule has 1 fully saturated rings. The first-order valence-electron chi connectivity index (χ1n) is 8.30. The van der Waals surface area contributed by atoms with Gasteiger partial charge < -0.3 is 14.4 Å². The molecule has 0 spiro atoms. The average molecular weight is 407 g/mol. The number of Topliss-reactive ketones (excluding diaryl/α,β-unsaturated/α-hetero) is 1. The number of benzene rings is 1. The molecular formula is C18H16Cl2N4O3. The molecule has 0 saturated carbocycles. The van der Waals surface area contributed by atoms with Gasteiger partial charge in [-0.2, -0.15) is 0 Å². The van der Waals surface area contributed by atoms with Gasteiger partial charge in [-0.05, 0) is 30.7 Å². The standard InChI is InChI=1S/C18H16Cl2N4O3/c1-10-2-5-14-16(25)17(26)24(9-23(14)8-10)18-22-21-15(27-18)7-11-3-4-12(19)13(20)6-11/h2-6,17,26H,7-9H2,1H3. The van der Waals surface area contributed by atoms with Crippen molar-refractivity contribution >= 4 is 35.0 Å². The number of anilines is 1. The Morgan fingerprint density at radius 3 is 2.85 bits per heavy atom. The number of aliphatic hydroxyl groups is 1. The summed E-state index contributed by atoms with van der Waals surface area (Å²) in [5.74, 6) is -0.0478. The van der Waals surface area contributed by atoms with Crippen LogP contribution in [0.15, 0.2) is 46.0 Å². The number of fused-ring (bicyclic) bond motifs is 1. The molecule has 27 heavy (non-hydrogen) atoms. The predicted octanol–water partition coefficient (Wildman–Crippen LogP) is 2.78. The first kappa shape index (κ1) is 18.0. The highest BCUT2D eigenvalue weighted by atomic mass is 35.5. The normalized spacial score (nSPS) is 19.7. The van der Waals surface area contributed by atoms with E-state index in [4.69, 9.17) is 27.6 Å². The van der Waals surface area contributed by atoms with Crippen LogP contribution in [-0.4, -0.2) is 45.4 Å². The molecule has 2 aliphatic rings.